The van der Waals surface area contributed by atoms with Gasteiger partial charge in [-0.1, -0.05) is 72.8 Å². The standard InChI is InChI=1S/C12H11N5.C12H10O2/c1-2-4-9(5-3-1)6-13-12-14-7-10-11(17-12)16-8-15-10;13-12(14)8-10-6-3-5-9-4-1-2-7-11(9)10/h1-5,7-8H,6H2,(H2,13,14,15,16,17);1-7H,8H2,(H,13,14). The second-order valence-electron chi connectivity index (χ2n) is 6.88. The van der Waals surface area contributed by atoms with Gasteiger partial charge in [-0.05, 0) is 21.9 Å². The zero-order valence-electron chi connectivity index (χ0n) is 16.7. The lowest BCUT2D eigenvalue weighted by atomic mass is 10.0. The van der Waals surface area contributed by atoms with E-state index in [1.807, 2.05) is 60.7 Å². The zero-order valence-corrected chi connectivity index (χ0v) is 16.7. The van der Waals surface area contributed by atoms with Gasteiger partial charge < -0.3 is 15.4 Å². The van der Waals surface area contributed by atoms with Crippen LogP contribution in [0.5, 0.6) is 0 Å². The highest BCUT2D eigenvalue weighted by atomic mass is 16.4. The molecule has 0 saturated heterocycles. The van der Waals surface area contributed by atoms with Gasteiger partial charge >= 0.3 is 5.97 Å². The van der Waals surface area contributed by atoms with Crippen LogP contribution in [0.3, 0.4) is 0 Å². The number of anilines is 1. The maximum atomic E-state index is 10.6. The van der Waals surface area contributed by atoms with Gasteiger partial charge in [0.05, 0.1) is 18.9 Å². The first-order valence-electron chi connectivity index (χ1n) is 9.81. The number of rotatable bonds is 5. The first-order valence-corrected chi connectivity index (χ1v) is 9.81. The molecule has 0 aliphatic rings. The van der Waals surface area contributed by atoms with E-state index in [0.29, 0.717) is 18.1 Å². The number of H-pyrrole nitrogens is 1. The number of nitrogens with zero attached hydrogens (tertiary/aromatic N) is 3. The van der Waals surface area contributed by atoms with Crippen molar-refractivity contribution in [3.8, 4) is 0 Å². The average molecular weight is 411 g/mol. The molecule has 3 aromatic carbocycles. The predicted molar refractivity (Wildman–Crippen MR) is 121 cm³/mol. The van der Waals surface area contributed by atoms with Gasteiger partial charge in [-0.25, -0.2) is 9.97 Å². The number of benzene rings is 3. The lowest BCUT2D eigenvalue weighted by molar-refractivity contribution is -0.136. The Balaban J connectivity index is 0.000000152. The number of nitrogens with one attached hydrogen (secondary N) is 2. The van der Waals surface area contributed by atoms with Gasteiger partial charge in [0.15, 0.2) is 5.65 Å². The van der Waals surface area contributed by atoms with E-state index in [-0.39, 0.29) is 6.42 Å². The molecular weight excluding hydrogens is 390 g/mol. The third kappa shape index (κ3) is 5.22. The number of imidazole rings is 1. The van der Waals surface area contributed by atoms with Crippen LogP contribution < -0.4 is 5.32 Å². The van der Waals surface area contributed by atoms with Crippen molar-refractivity contribution >= 4 is 33.9 Å². The fourth-order valence-corrected chi connectivity index (χ4v) is 3.21. The second-order valence-corrected chi connectivity index (χ2v) is 6.88. The highest BCUT2D eigenvalue weighted by Crippen LogP contribution is 2.18. The van der Waals surface area contributed by atoms with Crippen LogP contribution in [0.25, 0.3) is 21.9 Å². The molecule has 0 amide bonds. The van der Waals surface area contributed by atoms with Crippen molar-refractivity contribution in [2.24, 2.45) is 0 Å². The van der Waals surface area contributed by atoms with Crippen LogP contribution in [0.4, 0.5) is 5.95 Å². The molecule has 0 fully saturated rings. The molecule has 0 spiro atoms. The Bertz CT molecular complexity index is 1300. The van der Waals surface area contributed by atoms with E-state index < -0.39 is 5.97 Å². The predicted octanol–water partition coefficient (Wildman–Crippen LogP) is 4.43. The van der Waals surface area contributed by atoms with Crippen molar-refractivity contribution < 1.29 is 9.90 Å². The number of aliphatic carboxylic acids is 1. The summed E-state index contributed by atoms with van der Waals surface area (Å²) in [6.07, 6.45) is 3.42. The molecule has 154 valence electrons. The minimum Gasteiger partial charge on any atom is -0.481 e. The normalized spacial score (nSPS) is 10.5. The smallest absolute Gasteiger partial charge is 0.307 e. The van der Waals surface area contributed by atoms with E-state index in [1.165, 1.54) is 5.56 Å². The molecule has 0 aliphatic heterocycles. The Labute approximate surface area is 178 Å². The van der Waals surface area contributed by atoms with Crippen LogP contribution in [-0.4, -0.2) is 31.0 Å². The zero-order chi connectivity index (χ0) is 21.5. The van der Waals surface area contributed by atoms with Gasteiger partial charge in [-0.2, -0.15) is 4.98 Å². The molecule has 31 heavy (non-hydrogen) atoms. The number of carboxylic acid groups (broad SMARTS) is 1. The Morgan fingerprint density at radius 2 is 1.71 bits per heavy atom. The van der Waals surface area contributed by atoms with Gasteiger partial charge in [-0.15, -0.1) is 0 Å². The number of hydrogen-bond donors (Lipinski definition) is 3. The molecule has 0 saturated carbocycles. The average Bonchev–Trinajstić information content (AvgIpc) is 3.27. The van der Waals surface area contributed by atoms with Crippen molar-refractivity contribution in [2.75, 3.05) is 5.32 Å². The van der Waals surface area contributed by atoms with E-state index in [4.69, 9.17) is 5.11 Å². The number of carbonyl (C=O) groups is 1. The largest absolute Gasteiger partial charge is 0.481 e. The fourth-order valence-electron chi connectivity index (χ4n) is 3.21. The van der Waals surface area contributed by atoms with Crippen LogP contribution in [0, 0.1) is 0 Å². The number of hydrogen-bond acceptors (Lipinski definition) is 5. The van der Waals surface area contributed by atoms with Gasteiger partial charge in [0, 0.05) is 6.54 Å². The van der Waals surface area contributed by atoms with Crippen LogP contribution in [0.15, 0.2) is 85.3 Å². The summed E-state index contributed by atoms with van der Waals surface area (Å²) in [5.74, 6) is -0.199. The molecular formula is C24H21N5O2. The van der Waals surface area contributed by atoms with Gasteiger partial charge in [0.2, 0.25) is 5.95 Å². The highest BCUT2D eigenvalue weighted by Gasteiger charge is 2.04. The summed E-state index contributed by atoms with van der Waals surface area (Å²) in [4.78, 5) is 26.1. The molecule has 0 radical (unpaired) electrons. The lowest BCUT2D eigenvalue weighted by Gasteiger charge is -2.03. The first kappa shape index (κ1) is 20.0. The Kier molecular flexibility index (Phi) is 6.13. The number of aromatic nitrogens is 4. The second kappa shape index (κ2) is 9.49. The van der Waals surface area contributed by atoms with E-state index >= 15 is 0 Å². The molecule has 5 aromatic rings. The SMILES string of the molecule is O=C(O)Cc1cccc2ccccc12.c1ccc(CNc2ncc3[nH]cnc3n2)cc1. The van der Waals surface area contributed by atoms with Crippen LogP contribution in [0.1, 0.15) is 11.1 Å². The summed E-state index contributed by atoms with van der Waals surface area (Å²) in [7, 11) is 0. The van der Waals surface area contributed by atoms with E-state index in [2.05, 4.69) is 37.4 Å². The van der Waals surface area contributed by atoms with Crippen LogP contribution in [0.2, 0.25) is 0 Å². The highest BCUT2D eigenvalue weighted by molar-refractivity contribution is 5.88. The molecule has 0 unspecified atom stereocenters. The molecule has 7 nitrogen and oxygen atoms in total. The van der Waals surface area contributed by atoms with Crippen molar-refractivity contribution in [1.29, 1.82) is 0 Å². The summed E-state index contributed by atoms with van der Waals surface area (Å²) in [5, 5.41) is 14.0. The molecule has 0 bridgehead atoms. The number of carboxylic acids is 1. The Morgan fingerprint density at radius 3 is 2.55 bits per heavy atom. The summed E-state index contributed by atoms with van der Waals surface area (Å²) in [6.45, 7) is 0.705. The van der Waals surface area contributed by atoms with Gasteiger partial charge in [0.1, 0.15) is 5.52 Å². The van der Waals surface area contributed by atoms with Crippen molar-refractivity contribution in [3.05, 3.63) is 96.4 Å². The monoisotopic (exact) mass is 411 g/mol. The summed E-state index contributed by atoms with van der Waals surface area (Å²) in [5.41, 5.74) is 3.58. The third-order valence-electron chi connectivity index (χ3n) is 4.69. The lowest BCUT2D eigenvalue weighted by Crippen LogP contribution is -2.03. The molecule has 5 rings (SSSR count). The first-order chi connectivity index (χ1) is 15.2. The molecule has 0 atom stereocenters. The molecule has 2 aromatic heterocycles. The summed E-state index contributed by atoms with van der Waals surface area (Å²) >= 11 is 0. The quantitative estimate of drug-likeness (QED) is 0.395. The van der Waals surface area contributed by atoms with Crippen molar-refractivity contribution in [2.45, 2.75) is 13.0 Å². The van der Waals surface area contributed by atoms with Crippen LogP contribution >= 0.6 is 0 Å². The molecule has 3 N–H and O–H groups in total. The number of fused-ring (bicyclic) bond motifs is 2. The fraction of sp³-hybridized carbons (Fsp3) is 0.0833. The maximum Gasteiger partial charge on any atom is 0.307 e. The minimum absolute atomic E-state index is 0.0847. The van der Waals surface area contributed by atoms with Crippen LogP contribution in [-0.2, 0) is 17.8 Å². The van der Waals surface area contributed by atoms with E-state index in [9.17, 15) is 4.79 Å². The Hall–Kier alpha value is -4.26. The maximum absolute atomic E-state index is 10.6. The minimum atomic E-state index is -0.790. The molecule has 2 heterocycles. The Morgan fingerprint density at radius 1 is 0.935 bits per heavy atom. The summed E-state index contributed by atoms with van der Waals surface area (Å²) < 4.78 is 0. The van der Waals surface area contributed by atoms with E-state index in [0.717, 1.165) is 21.9 Å². The molecule has 0 aliphatic carbocycles. The molecule has 7 heteroatoms. The topological polar surface area (TPSA) is 104 Å². The summed E-state index contributed by atoms with van der Waals surface area (Å²) in [6, 6.07) is 23.7. The van der Waals surface area contributed by atoms with Gasteiger partial charge in [0.25, 0.3) is 0 Å². The van der Waals surface area contributed by atoms with E-state index in [1.54, 1.807) is 12.5 Å². The van der Waals surface area contributed by atoms with Crippen molar-refractivity contribution in [3.63, 3.8) is 0 Å². The third-order valence-corrected chi connectivity index (χ3v) is 4.69. The van der Waals surface area contributed by atoms with Gasteiger partial charge in [-0.3, -0.25) is 4.79 Å². The van der Waals surface area contributed by atoms with Crippen molar-refractivity contribution in [1.82, 2.24) is 19.9 Å². The number of aromatic amines is 1.